The van der Waals surface area contributed by atoms with E-state index >= 15 is 0 Å². The Morgan fingerprint density at radius 1 is 1.24 bits per heavy atom. The molecule has 1 aromatic carbocycles. The van der Waals surface area contributed by atoms with Gasteiger partial charge in [0.15, 0.2) is 0 Å². The summed E-state index contributed by atoms with van der Waals surface area (Å²) in [5, 5.41) is 3.40. The molecule has 1 N–H and O–H groups in total. The molecule has 17 heavy (non-hydrogen) atoms. The van der Waals surface area contributed by atoms with Gasteiger partial charge >= 0.3 is 0 Å². The van der Waals surface area contributed by atoms with E-state index < -0.39 is 0 Å². The van der Waals surface area contributed by atoms with E-state index in [1.807, 2.05) is 0 Å². The van der Waals surface area contributed by atoms with Crippen LogP contribution in [0.3, 0.4) is 0 Å². The van der Waals surface area contributed by atoms with Crippen molar-refractivity contribution in [2.24, 2.45) is 0 Å². The van der Waals surface area contributed by atoms with Crippen LogP contribution in [0.2, 0.25) is 0 Å². The van der Waals surface area contributed by atoms with Crippen molar-refractivity contribution in [2.45, 2.75) is 26.7 Å². The lowest BCUT2D eigenvalue weighted by molar-refractivity contribution is 0.244. The molecular formula is C15H24N2. The Labute approximate surface area is 105 Å². The second-order valence-electron chi connectivity index (χ2n) is 4.96. The van der Waals surface area contributed by atoms with Crippen LogP contribution in [0.15, 0.2) is 18.2 Å². The molecule has 2 nitrogen and oxygen atoms in total. The summed E-state index contributed by atoms with van der Waals surface area (Å²) in [6.45, 7) is 10.4. The summed E-state index contributed by atoms with van der Waals surface area (Å²) in [6.07, 6.45) is 2.33. The van der Waals surface area contributed by atoms with Gasteiger partial charge in [-0.3, -0.25) is 0 Å². The van der Waals surface area contributed by atoms with Crippen molar-refractivity contribution < 1.29 is 0 Å². The molecular weight excluding hydrogens is 208 g/mol. The van der Waals surface area contributed by atoms with Crippen LogP contribution >= 0.6 is 0 Å². The third-order valence-corrected chi connectivity index (χ3v) is 3.73. The zero-order valence-electron chi connectivity index (χ0n) is 11.1. The summed E-state index contributed by atoms with van der Waals surface area (Å²) in [5.74, 6) is 0. The third-order valence-electron chi connectivity index (χ3n) is 3.73. The molecule has 94 valence electrons. The first kappa shape index (κ1) is 12.6. The number of nitrogens with one attached hydrogen (secondary N) is 1. The summed E-state index contributed by atoms with van der Waals surface area (Å²) in [6, 6.07) is 6.91. The number of benzene rings is 1. The quantitative estimate of drug-likeness (QED) is 0.854. The van der Waals surface area contributed by atoms with Gasteiger partial charge in [-0.1, -0.05) is 25.1 Å². The summed E-state index contributed by atoms with van der Waals surface area (Å²) in [4.78, 5) is 2.56. The molecule has 0 bridgehead atoms. The predicted molar refractivity (Wildman–Crippen MR) is 73.6 cm³/mol. The standard InChI is InChI=1S/C15H24N2/c1-3-14-5-4-13(2)15(12-14)6-9-17-10-7-16-8-11-17/h4-5,12,16H,3,6-11H2,1-2H3. The average Bonchev–Trinajstić information content (AvgIpc) is 2.39. The Kier molecular flexibility index (Phi) is 4.57. The molecule has 2 rings (SSSR count). The van der Waals surface area contributed by atoms with Gasteiger partial charge in [-0.25, -0.2) is 0 Å². The molecule has 0 aromatic heterocycles. The molecule has 0 unspecified atom stereocenters. The van der Waals surface area contributed by atoms with Crippen LogP contribution in [0.4, 0.5) is 0 Å². The molecule has 0 saturated carbocycles. The lowest BCUT2D eigenvalue weighted by Gasteiger charge is -2.27. The number of nitrogens with zero attached hydrogens (tertiary/aromatic N) is 1. The van der Waals surface area contributed by atoms with Crippen molar-refractivity contribution in [3.05, 3.63) is 34.9 Å². The lowest BCUT2D eigenvalue weighted by atomic mass is 10.0. The van der Waals surface area contributed by atoms with Gasteiger partial charge in [-0.2, -0.15) is 0 Å². The maximum Gasteiger partial charge on any atom is 0.0108 e. The minimum absolute atomic E-state index is 1.14. The molecule has 0 spiro atoms. The largest absolute Gasteiger partial charge is 0.314 e. The van der Waals surface area contributed by atoms with E-state index in [9.17, 15) is 0 Å². The molecule has 2 heteroatoms. The van der Waals surface area contributed by atoms with Crippen LogP contribution in [0.1, 0.15) is 23.6 Å². The van der Waals surface area contributed by atoms with Gasteiger partial charge in [-0.15, -0.1) is 0 Å². The van der Waals surface area contributed by atoms with E-state index in [1.54, 1.807) is 0 Å². The highest BCUT2D eigenvalue weighted by molar-refractivity contribution is 5.31. The van der Waals surface area contributed by atoms with E-state index in [-0.39, 0.29) is 0 Å². The fourth-order valence-electron chi connectivity index (χ4n) is 2.43. The number of rotatable bonds is 4. The average molecular weight is 232 g/mol. The van der Waals surface area contributed by atoms with Crippen molar-refractivity contribution >= 4 is 0 Å². The highest BCUT2D eigenvalue weighted by Gasteiger charge is 2.09. The van der Waals surface area contributed by atoms with Crippen LogP contribution in [0, 0.1) is 6.92 Å². The maximum absolute atomic E-state index is 3.40. The third kappa shape index (κ3) is 3.55. The maximum atomic E-state index is 3.40. The zero-order chi connectivity index (χ0) is 12.1. The summed E-state index contributed by atoms with van der Waals surface area (Å²) in [7, 11) is 0. The second-order valence-corrected chi connectivity index (χ2v) is 4.96. The van der Waals surface area contributed by atoms with Gasteiger partial charge in [0, 0.05) is 32.7 Å². The van der Waals surface area contributed by atoms with Crippen molar-refractivity contribution in [3.8, 4) is 0 Å². The molecule has 1 fully saturated rings. The van der Waals surface area contributed by atoms with Gasteiger partial charge in [0.2, 0.25) is 0 Å². The van der Waals surface area contributed by atoms with Gasteiger partial charge in [0.25, 0.3) is 0 Å². The monoisotopic (exact) mass is 232 g/mol. The van der Waals surface area contributed by atoms with Gasteiger partial charge in [0.05, 0.1) is 0 Å². The Hall–Kier alpha value is -0.860. The fraction of sp³-hybridized carbons (Fsp3) is 0.600. The Morgan fingerprint density at radius 2 is 2.00 bits per heavy atom. The van der Waals surface area contributed by atoms with Crippen LogP contribution in [-0.2, 0) is 12.8 Å². The van der Waals surface area contributed by atoms with Gasteiger partial charge in [-0.05, 0) is 36.5 Å². The summed E-state index contributed by atoms with van der Waals surface area (Å²) in [5.41, 5.74) is 4.44. The molecule has 0 aliphatic carbocycles. The van der Waals surface area contributed by atoms with E-state index in [0.717, 1.165) is 19.5 Å². The van der Waals surface area contributed by atoms with Crippen molar-refractivity contribution in [1.29, 1.82) is 0 Å². The first-order valence-electron chi connectivity index (χ1n) is 6.81. The molecule has 1 aliphatic heterocycles. The van der Waals surface area contributed by atoms with Gasteiger partial charge < -0.3 is 10.2 Å². The van der Waals surface area contributed by atoms with Crippen molar-refractivity contribution in [2.75, 3.05) is 32.7 Å². The number of hydrogen-bond acceptors (Lipinski definition) is 2. The first-order chi connectivity index (χ1) is 8.29. The van der Waals surface area contributed by atoms with Crippen LogP contribution < -0.4 is 5.32 Å². The van der Waals surface area contributed by atoms with Crippen LogP contribution in [0.5, 0.6) is 0 Å². The summed E-state index contributed by atoms with van der Waals surface area (Å²) < 4.78 is 0. The predicted octanol–water partition coefficient (Wildman–Crippen LogP) is 2.01. The van der Waals surface area contributed by atoms with E-state index in [4.69, 9.17) is 0 Å². The first-order valence-corrected chi connectivity index (χ1v) is 6.81. The Bertz CT molecular complexity index is 354. The molecule has 0 amide bonds. The van der Waals surface area contributed by atoms with Gasteiger partial charge in [0.1, 0.15) is 0 Å². The molecule has 1 heterocycles. The van der Waals surface area contributed by atoms with Crippen molar-refractivity contribution in [3.63, 3.8) is 0 Å². The van der Waals surface area contributed by atoms with E-state index in [2.05, 4.69) is 42.3 Å². The highest BCUT2D eigenvalue weighted by atomic mass is 15.2. The number of aryl methyl sites for hydroxylation is 2. The highest BCUT2D eigenvalue weighted by Crippen LogP contribution is 2.13. The minimum atomic E-state index is 1.14. The number of hydrogen-bond donors (Lipinski definition) is 1. The lowest BCUT2D eigenvalue weighted by Crippen LogP contribution is -2.44. The van der Waals surface area contributed by atoms with Crippen molar-refractivity contribution in [1.82, 2.24) is 10.2 Å². The zero-order valence-corrected chi connectivity index (χ0v) is 11.1. The van der Waals surface area contributed by atoms with Crippen LogP contribution in [-0.4, -0.2) is 37.6 Å². The molecule has 0 radical (unpaired) electrons. The minimum Gasteiger partial charge on any atom is -0.314 e. The molecule has 1 aromatic rings. The normalized spacial score (nSPS) is 17.3. The van der Waals surface area contributed by atoms with E-state index in [0.29, 0.717) is 0 Å². The Balaban J connectivity index is 1.92. The molecule has 1 aliphatic rings. The fourth-order valence-corrected chi connectivity index (χ4v) is 2.43. The van der Waals surface area contributed by atoms with E-state index in [1.165, 1.54) is 42.7 Å². The van der Waals surface area contributed by atoms with Crippen LogP contribution in [0.25, 0.3) is 0 Å². The molecule has 1 saturated heterocycles. The SMILES string of the molecule is CCc1ccc(C)c(CCN2CCNCC2)c1. The molecule has 0 atom stereocenters. The Morgan fingerprint density at radius 3 is 2.71 bits per heavy atom. The summed E-state index contributed by atoms with van der Waals surface area (Å²) >= 11 is 0. The number of piperazine rings is 1. The second kappa shape index (κ2) is 6.18. The topological polar surface area (TPSA) is 15.3 Å². The smallest absolute Gasteiger partial charge is 0.0108 e.